The maximum Gasteiger partial charge on any atom is 0.254 e. The highest BCUT2D eigenvalue weighted by Crippen LogP contribution is 2.33. The first kappa shape index (κ1) is 19.0. The molecule has 0 aliphatic carbocycles. The van der Waals surface area contributed by atoms with Gasteiger partial charge in [-0.05, 0) is 18.2 Å². The van der Waals surface area contributed by atoms with Crippen LogP contribution in [0.4, 0.5) is 0 Å². The van der Waals surface area contributed by atoms with Crippen LogP contribution in [0.15, 0.2) is 36.5 Å². The summed E-state index contributed by atoms with van der Waals surface area (Å²) in [6, 6.07) is 9.45. The molecule has 1 aromatic carbocycles. The Morgan fingerprint density at radius 2 is 1.90 bits per heavy atom. The smallest absolute Gasteiger partial charge is 0.254 e. The molecule has 2 aliphatic heterocycles. The minimum Gasteiger partial charge on any atom is -0.474 e. The molecule has 0 radical (unpaired) electrons. The van der Waals surface area contributed by atoms with Gasteiger partial charge in [0.15, 0.2) is 0 Å². The maximum absolute atomic E-state index is 12.9. The molecule has 0 spiro atoms. The van der Waals surface area contributed by atoms with Gasteiger partial charge in [0.25, 0.3) is 5.91 Å². The molecule has 0 bridgehead atoms. The molecule has 5 rings (SSSR count). The Labute approximate surface area is 174 Å². The van der Waals surface area contributed by atoms with Gasteiger partial charge < -0.3 is 19.1 Å². The minimum absolute atomic E-state index is 0.0109. The molecule has 3 aromatic rings. The Morgan fingerprint density at radius 1 is 1.10 bits per heavy atom. The van der Waals surface area contributed by atoms with E-state index >= 15 is 0 Å². The number of hydrogen-bond acceptors (Lipinski definition) is 6. The average molecular weight is 408 g/mol. The zero-order valence-electron chi connectivity index (χ0n) is 16.7. The summed E-state index contributed by atoms with van der Waals surface area (Å²) in [6.45, 7) is 3.78. The molecule has 1 amide bonds. The number of benzene rings is 1. The molecule has 2 saturated heterocycles. The molecule has 8 heteroatoms. The van der Waals surface area contributed by atoms with E-state index in [0.29, 0.717) is 51.0 Å². The molecule has 2 fully saturated rings. The number of H-pyrrole nitrogens is 1. The molecule has 156 valence electrons. The van der Waals surface area contributed by atoms with E-state index in [-0.39, 0.29) is 12.0 Å². The van der Waals surface area contributed by atoms with E-state index in [0.717, 1.165) is 35.0 Å². The number of fused-ring (bicyclic) bond motifs is 1. The monoisotopic (exact) mass is 408 g/mol. The third kappa shape index (κ3) is 3.76. The highest BCUT2D eigenvalue weighted by Gasteiger charge is 2.22. The molecule has 8 nitrogen and oxygen atoms in total. The summed E-state index contributed by atoms with van der Waals surface area (Å²) >= 11 is 0. The van der Waals surface area contributed by atoms with Crippen LogP contribution in [0, 0.1) is 0 Å². The highest BCUT2D eigenvalue weighted by atomic mass is 16.5. The Bertz CT molecular complexity index is 1040. The van der Waals surface area contributed by atoms with Gasteiger partial charge in [-0.2, -0.15) is 5.10 Å². The average Bonchev–Trinajstić information content (AvgIpc) is 3.25. The normalized spacial score (nSPS) is 17.9. The highest BCUT2D eigenvalue weighted by molar-refractivity contribution is 5.99. The molecule has 0 saturated carbocycles. The van der Waals surface area contributed by atoms with Gasteiger partial charge >= 0.3 is 0 Å². The van der Waals surface area contributed by atoms with Gasteiger partial charge in [-0.3, -0.25) is 9.89 Å². The first-order valence-corrected chi connectivity index (χ1v) is 10.3. The van der Waals surface area contributed by atoms with Crippen LogP contribution in [-0.4, -0.2) is 71.6 Å². The van der Waals surface area contributed by atoms with E-state index in [4.69, 9.17) is 14.2 Å². The molecular formula is C22H24N4O4. The molecule has 4 heterocycles. The third-order valence-electron chi connectivity index (χ3n) is 5.57. The van der Waals surface area contributed by atoms with Crippen molar-refractivity contribution in [3.05, 3.63) is 42.1 Å². The summed E-state index contributed by atoms with van der Waals surface area (Å²) in [4.78, 5) is 19.2. The van der Waals surface area contributed by atoms with Crippen molar-refractivity contribution in [1.82, 2.24) is 20.1 Å². The topological polar surface area (TPSA) is 89.6 Å². The van der Waals surface area contributed by atoms with Gasteiger partial charge in [-0.15, -0.1) is 0 Å². The van der Waals surface area contributed by atoms with Crippen LogP contribution in [0.2, 0.25) is 0 Å². The van der Waals surface area contributed by atoms with Crippen molar-refractivity contribution in [2.24, 2.45) is 0 Å². The van der Waals surface area contributed by atoms with E-state index < -0.39 is 0 Å². The van der Waals surface area contributed by atoms with Crippen molar-refractivity contribution in [2.45, 2.75) is 18.9 Å². The van der Waals surface area contributed by atoms with Crippen molar-refractivity contribution < 1.29 is 19.0 Å². The van der Waals surface area contributed by atoms with Crippen molar-refractivity contribution in [1.29, 1.82) is 0 Å². The van der Waals surface area contributed by atoms with Crippen LogP contribution in [0.3, 0.4) is 0 Å². The van der Waals surface area contributed by atoms with Crippen LogP contribution >= 0.6 is 0 Å². The van der Waals surface area contributed by atoms with Crippen molar-refractivity contribution in [3.63, 3.8) is 0 Å². The predicted octanol–water partition coefficient (Wildman–Crippen LogP) is 2.66. The van der Waals surface area contributed by atoms with Gasteiger partial charge in [0.05, 0.1) is 37.3 Å². The zero-order chi connectivity index (χ0) is 20.3. The van der Waals surface area contributed by atoms with Crippen molar-refractivity contribution in [2.75, 3.05) is 39.5 Å². The molecule has 0 atom stereocenters. The Hall–Kier alpha value is -2.97. The number of amides is 1. The lowest BCUT2D eigenvalue weighted by Crippen LogP contribution is -2.40. The zero-order valence-corrected chi connectivity index (χ0v) is 16.7. The van der Waals surface area contributed by atoms with E-state index in [9.17, 15) is 4.79 Å². The fourth-order valence-electron chi connectivity index (χ4n) is 3.94. The van der Waals surface area contributed by atoms with E-state index in [1.165, 1.54) is 0 Å². The standard InChI is InChI=1S/C22H24N4O4/c27-22(26-8-12-29-13-9-26)16-3-1-2-15(14-16)20-19-18(24-25-20)4-7-23-21(19)30-17-5-10-28-11-6-17/h1-4,7,14,17H,5-6,8-13H2,(H,24,25). The minimum atomic E-state index is 0.0109. The number of aromatic nitrogens is 3. The van der Waals surface area contributed by atoms with Crippen LogP contribution in [0.5, 0.6) is 5.88 Å². The Balaban J connectivity index is 1.48. The quantitative estimate of drug-likeness (QED) is 0.714. The Kier molecular flexibility index (Phi) is 5.33. The molecular weight excluding hydrogens is 384 g/mol. The molecule has 2 aromatic heterocycles. The second kappa shape index (κ2) is 8.41. The summed E-state index contributed by atoms with van der Waals surface area (Å²) in [5, 5.41) is 8.42. The lowest BCUT2D eigenvalue weighted by atomic mass is 10.0. The number of nitrogens with zero attached hydrogens (tertiary/aromatic N) is 3. The second-order valence-corrected chi connectivity index (χ2v) is 7.53. The SMILES string of the molecule is O=C(c1cccc(-c2n[nH]c3ccnc(OC4CCOCC4)c23)c1)N1CCOCC1. The maximum atomic E-state index is 12.9. The fourth-order valence-corrected chi connectivity index (χ4v) is 3.94. The van der Waals surface area contributed by atoms with E-state index in [1.54, 1.807) is 6.20 Å². The molecule has 30 heavy (non-hydrogen) atoms. The summed E-state index contributed by atoms with van der Waals surface area (Å²) in [5.41, 5.74) is 3.08. The van der Waals surface area contributed by atoms with Gasteiger partial charge in [-0.25, -0.2) is 4.98 Å². The molecule has 2 aliphatic rings. The molecule has 1 N–H and O–H groups in total. The lowest BCUT2D eigenvalue weighted by Gasteiger charge is -2.27. The Morgan fingerprint density at radius 3 is 2.73 bits per heavy atom. The number of ether oxygens (including phenoxy) is 3. The fraction of sp³-hybridized carbons (Fsp3) is 0.409. The first-order valence-electron chi connectivity index (χ1n) is 10.3. The second-order valence-electron chi connectivity index (χ2n) is 7.53. The predicted molar refractivity (Wildman–Crippen MR) is 111 cm³/mol. The summed E-state index contributed by atoms with van der Waals surface area (Å²) < 4.78 is 17.0. The van der Waals surface area contributed by atoms with Crippen LogP contribution in [0.1, 0.15) is 23.2 Å². The van der Waals surface area contributed by atoms with Gasteiger partial charge in [0.2, 0.25) is 5.88 Å². The van der Waals surface area contributed by atoms with Crippen LogP contribution in [-0.2, 0) is 9.47 Å². The third-order valence-corrected chi connectivity index (χ3v) is 5.57. The number of pyridine rings is 1. The van der Waals surface area contributed by atoms with Crippen LogP contribution in [0.25, 0.3) is 22.2 Å². The van der Waals surface area contributed by atoms with Crippen molar-refractivity contribution in [3.8, 4) is 17.1 Å². The number of rotatable bonds is 4. The van der Waals surface area contributed by atoms with Crippen molar-refractivity contribution >= 4 is 16.8 Å². The van der Waals surface area contributed by atoms with Gasteiger partial charge in [0.1, 0.15) is 11.8 Å². The summed E-state index contributed by atoms with van der Waals surface area (Å²) in [6.07, 6.45) is 3.48. The first-order chi connectivity index (χ1) is 14.8. The van der Waals surface area contributed by atoms with E-state index in [2.05, 4.69) is 15.2 Å². The summed E-state index contributed by atoms with van der Waals surface area (Å²) in [5.74, 6) is 0.574. The largest absolute Gasteiger partial charge is 0.474 e. The number of nitrogens with one attached hydrogen (secondary N) is 1. The van der Waals surface area contributed by atoms with Gasteiger partial charge in [-0.1, -0.05) is 12.1 Å². The number of carbonyl (C=O) groups excluding carboxylic acids is 1. The van der Waals surface area contributed by atoms with Gasteiger partial charge in [0, 0.05) is 43.3 Å². The summed E-state index contributed by atoms with van der Waals surface area (Å²) in [7, 11) is 0. The van der Waals surface area contributed by atoms with Crippen LogP contribution < -0.4 is 4.74 Å². The lowest BCUT2D eigenvalue weighted by molar-refractivity contribution is 0.0244. The number of morpholine rings is 1. The van der Waals surface area contributed by atoms with E-state index in [1.807, 2.05) is 35.2 Å². The number of hydrogen-bond donors (Lipinski definition) is 1. The number of carbonyl (C=O) groups is 1. The molecule has 0 unspecified atom stereocenters. The number of aromatic amines is 1.